The molecule has 4 nitrogen and oxygen atoms in total. The van der Waals surface area contributed by atoms with Crippen LogP contribution in [0, 0.1) is 18.3 Å². The normalized spacial score (nSPS) is 10.7. The minimum Gasteiger partial charge on any atom is -0.462 e. The first kappa shape index (κ1) is 14.1. The van der Waals surface area contributed by atoms with Crippen LogP contribution in [0.4, 0.5) is 5.69 Å². The van der Waals surface area contributed by atoms with E-state index < -0.39 is 5.97 Å². The van der Waals surface area contributed by atoms with Crippen molar-refractivity contribution in [2.24, 2.45) is 0 Å². The second kappa shape index (κ2) is 6.67. The average molecular weight is 265 g/mol. The number of aryl methyl sites for hydroxylation is 1. The smallest absolute Gasteiger partial charge is 0.350 e. The Morgan fingerprint density at radius 2 is 2.33 bits per heavy atom. The van der Waals surface area contributed by atoms with Gasteiger partial charge in [0.2, 0.25) is 0 Å². The quantitative estimate of drug-likeness (QED) is 0.516. The molecule has 94 valence electrons. The molecule has 0 heterocycles. The lowest BCUT2D eigenvalue weighted by Crippen LogP contribution is -2.07. The number of anilines is 1. The van der Waals surface area contributed by atoms with Crippen LogP contribution in [0.3, 0.4) is 0 Å². The summed E-state index contributed by atoms with van der Waals surface area (Å²) in [7, 11) is 0. The lowest BCUT2D eigenvalue weighted by molar-refractivity contribution is -0.138. The minimum absolute atomic E-state index is 0.0893. The summed E-state index contributed by atoms with van der Waals surface area (Å²) in [5.74, 6) is -0.647. The fourth-order valence-electron chi connectivity index (χ4n) is 1.18. The van der Waals surface area contributed by atoms with Crippen molar-refractivity contribution in [2.75, 3.05) is 11.9 Å². The van der Waals surface area contributed by atoms with Crippen molar-refractivity contribution in [1.29, 1.82) is 5.26 Å². The standard InChI is InChI=1S/C13H13ClN2O2/c1-3-18-13(17)10(7-15)8-16-11-5-4-9(2)12(14)6-11/h4-6,8,16H,3H2,1-2H3/b10-8-. The fourth-order valence-corrected chi connectivity index (χ4v) is 1.36. The molecule has 5 heteroatoms. The third kappa shape index (κ3) is 3.79. The highest BCUT2D eigenvalue weighted by Crippen LogP contribution is 2.20. The maximum atomic E-state index is 11.3. The van der Waals surface area contributed by atoms with Gasteiger partial charge in [0, 0.05) is 16.9 Å². The molecule has 0 aromatic heterocycles. The number of benzene rings is 1. The summed E-state index contributed by atoms with van der Waals surface area (Å²) >= 11 is 5.96. The van der Waals surface area contributed by atoms with Gasteiger partial charge in [-0.05, 0) is 31.5 Å². The van der Waals surface area contributed by atoms with Gasteiger partial charge in [0.15, 0.2) is 5.57 Å². The van der Waals surface area contributed by atoms with Crippen LogP contribution in [0.25, 0.3) is 0 Å². The number of nitrogens with one attached hydrogen (secondary N) is 1. The van der Waals surface area contributed by atoms with Gasteiger partial charge in [-0.1, -0.05) is 17.7 Å². The monoisotopic (exact) mass is 264 g/mol. The van der Waals surface area contributed by atoms with E-state index in [-0.39, 0.29) is 12.2 Å². The van der Waals surface area contributed by atoms with Crippen LogP contribution >= 0.6 is 11.6 Å². The molecule has 18 heavy (non-hydrogen) atoms. The van der Waals surface area contributed by atoms with Crippen molar-refractivity contribution in [1.82, 2.24) is 0 Å². The molecule has 0 aliphatic carbocycles. The van der Waals surface area contributed by atoms with Crippen LogP contribution in [0.1, 0.15) is 12.5 Å². The predicted molar refractivity (Wildman–Crippen MR) is 70.1 cm³/mol. The Labute approximate surface area is 111 Å². The lowest BCUT2D eigenvalue weighted by Gasteiger charge is -2.04. The van der Waals surface area contributed by atoms with Crippen LogP contribution in [-0.2, 0) is 9.53 Å². The number of carbonyl (C=O) groups excluding carboxylic acids is 1. The van der Waals surface area contributed by atoms with E-state index in [1.807, 2.05) is 13.0 Å². The molecule has 0 atom stereocenters. The zero-order valence-electron chi connectivity index (χ0n) is 10.2. The molecular formula is C13H13ClN2O2. The van der Waals surface area contributed by atoms with E-state index in [0.29, 0.717) is 10.7 Å². The van der Waals surface area contributed by atoms with Crippen molar-refractivity contribution in [2.45, 2.75) is 13.8 Å². The zero-order chi connectivity index (χ0) is 13.5. The van der Waals surface area contributed by atoms with Crippen molar-refractivity contribution in [3.63, 3.8) is 0 Å². The summed E-state index contributed by atoms with van der Waals surface area (Å²) in [5.41, 5.74) is 1.56. The topological polar surface area (TPSA) is 62.1 Å². The first-order valence-corrected chi connectivity index (χ1v) is 5.76. The molecular weight excluding hydrogens is 252 g/mol. The van der Waals surface area contributed by atoms with Crippen molar-refractivity contribution in [3.8, 4) is 6.07 Å². The second-order valence-electron chi connectivity index (χ2n) is 3.50. The molecule has 1 rings (SSSR count). The summed E-state index contributed by atoms with van der Waals surface area (Å²) < 4.78 is 4.73. The van der Waals surface area contributed by atoms with Gasteiger partial charge in [0.25, 0.3) is 0 Å². The van der Waals surface area contributed by atoms with E-state index in [1.165, 1.54) is 6.20 Å². The Balaban J connectivity index is 2.80. The van der Waals surface area contributed by atoms with Gasteiger partial charge in [-0.3, -0.25) is 0 Å². The Morgan fingerprint density at radius 1 is 1.61 bits per heavy atom. The maximum absolute atomic E-state index is 11.3. The van der Waals surface area contributed by atoms with Crippen LogP contribution < -0.4 is 5.32 Å². The molecule has 0 aliphatic rings. The lowest BCUT2D eigenvalue weighted by atomic mass is 10.2. The number of hydrogen-bond acceptors (Lipinski definition) is 4. The fraction of sp³-hybridized carbons (Fsp3) is 0.231. The predicted octanol–water partition coefficient (Wildman–Crippen LogP) is 3.03. The van der Waals surface area contributed by atoms with Gasteiger partial charge in [0.05, 0.1) is 6.61 Å². The van der Waals surface area contributed by atoms with Gasteiger partial charge >= 0.3 is 5.97 Å². The molecule has 0 fully saturated rings. The highest BCUT2D eigenvalue weighted by atomic mass is 35.5. The third-order valence-corrected chi connectivity index (χ3v) is 2.58. The average Bonchev–Trinajstić information content (AvgIpc) is 2.34. The summed E-state index contributed by atoms with van der Waals surface area (Å²) in [6, 6.07) is 7.14. The van der Waals surface area contributed by atoms with Gasteiger partial charge in [0.1, 0.15) is 6.07 Å². The molecule has 1 N–H and O–H groups in total. The van der Waals surface area contributed by atoms with E-state index >= 15 is 0 Å². The number of esters is 1. The van der Waals surface area contributed by atoms with E-state index in [2.05, 4.69) is 5.32 Å². The number of hydrogen-bond donors (Lipinski definition) is 1. The van der Waals surface area contributed by atoms with E-state index in [9.17, 15) is 4.79 Å². The third-order valence-electron chi connectivity index (χ3n) is 2.17. The second-order valence-corrected chi connectivity index (χ2v) is 3.91. The SMILES string of the molecule is CCOC(=O)/C(C#N)=C\Nc1ccc(C)c(Cl)c1. The summed E-state index contributed by atoms with van der Waals surface area (Å²) in [5, 5.41) is 12.3. The van der Waals surface area contributed by atoms with Crippen molar-refractivity contribution in [3.05, 3.63) is 40.6 Å². The molecule has 0 amide bonds. The van der Waals surface area contributed by atoms with Crippen LogP contribution in [0.2, 0.25) is 5.02 Å². The molecule has 0 unspecified atom stereocenters. The largest absolute Gasteiger partial charge is 0.462 e. The summed E-state index contributed by atoms with van der Waals surface area (Å²) in [4.78, 5) is 11.3. The van der Waals surface area contributed by atoms with Crippen LogP contribution in [0.15, 0.2) is 30.0 Å². The molecule has 1 aromatic rings. The highest BCUT2D eigenvalue weighted by Gasteiger charge is 2.09. The Bertz CT molecular complexity index is 518. The van der Waals surface area contributed by atoms with E-state index in [0.717, 1.165) is 5.56 Å². The van der Waals surface area contributed by atoms with E-state index in [4.69, 9.17) is 21.6 Å². The number of carbonyl (C=O) groups is 1. The number of nitriles is 1. The Kier molecular flexibility index (Phi) is 5.22. The molecule has 0 saturated carbocycles. The van der Waals surface area contributed by atoms with Crippen molar-refractivity contribution < 1.29 is 9.53 Å². The molecule has 0 aliphatic heterocycles. The summed E-state index contributed by atoms with van der Waals surface area (Å²) in [6.07, 6.45) is 1.30. The number of ether oxygens (including phenoxy) is 1. The molecule has 0 spiro atoms. The van der Waals surface area contributed by atoms with Gasteiger partial charge in [-0.15, -0.1) is 0 Å². The minimum atomic E-state index is -0.647. The molecule has 1 aromatic carbocycles. The Hall–Kier alpha value is -1.99. The van der Waals surface area contributed by atoms with Crippen molar-refractivity contribution >= 4 is 23.3 Å². The van der Waals surface area contributed by atoms with Gasteiger partial charge in [-0.25, -0.2) is 4.79 Å². The molecule has 0 radical (unpaired) electrons. The zero-order valence-corrected chi connectivity index (χ0v) is 10.9. The summed E-state index contributed by atoms with van der Waals surface area (Å²) in [6.45, 7) is 3.80. The highest BCUT2D eigenvalue weighted by molar-refractivity contribution is 6.31. The first-order chi connectivity index (χ1) is 8.58. The maximum Gasteiger partial charge on any atom is 0.350 e. The van der Waals surface area contributed by atoms with Crippen LogP contribution in [-0.4, -0.2) is 12.6 Å². The van der Waals surface area contributed by atoms with E-state index in [1.54, 1.807) is 25.1 Å². The Morgan fingerprint density at radius 3 is 2.89 bits per heavy atom. The molecule has 0 saturated heterocycles. The number of rotatable bonds is 4. The molecule has 0 bridgehead atoms. The number of nitrogens with zero attached hydrogens (tertiary/aromatic N) is 1. The number of halogens is 1. The van der Waals surface area contributed by atoms with Gasteiger partial charge in [-0.2, -0.15) is 5.26 Å². The van der Waals surface area contributed by atoms with Gasteiger partial charge < -0.3 is 10.1 Å². The first-order valence-electron chi connectivity index (χ1n) is 5.38. The van der Waals surface area contributed by atoms with Crippen LogP contribution in [0.5, 0.6) is 0 Å².